The van der Waals surface area contributed by atoms with Crippen LogP contribution in [0.15, 0.2) is 35.3 Å². The zero-order valence-corrected chi connectivity index (χ0v) is 22.6. The molecule has 0 aliphatic rings. The molecular weight excluding hydrogens is 632 g/mol. The number of amides is 1. The normalized spacial score (nSPS) is 11.6. The Labute approximate surface area is 210 Å². The number of aromatic amines is 1. The standard InChI is InChI=1S/C19H18N7O5.Ra/c20-19-25-15-14(17(29)26-19)23-12(9-22-15)8-21-11-5-3-10(4-6-11)16(28)24-13(18(30)31)2-1-7-27;/h3-6,9,13,21H,1-2,8H2,(H,24,28)(H,30,31)(H3,20,22,25,26,29);/t13-;/m0./s1. The molecule has 3 aromatic rings. The Morgan fingerprint density at radius 3 is 2.56 bits per heavy atom. The molecule has 0 saturated heterocycles. The van der Waals surface area contributed by atoms with Crippen LogP contribution >= 0.6 is 0 Å². The van der Waals surface area contributed by atoms with Crippen molar-refractivity contribution in [2.45, 2.75) is 25.4 Å². The SMILES string of the molecule is Nc1nc2ncc(CNc3ccc(C(=O)N[C@@H](CC[C](=O)[Ra])C(=O)O)cc3)nc2c(=O)[nH]1. The van der Waals surface area contributed by atoms with Gasteiger partial charge < -0.3 is 5.73 Å². The molecule has 0 bridgehead atoms. The van der Waals surface area contributed by atoms with Crippen LogP contribution in [0.1, 0.15) is 28.9 Å². The van der Waals surface area contributed by atoms with Crippen molar-refractivity contribution in [1.82, 2.24) is 25.3 Å². The summed E-state index contributed by atoms with van der Waals surface area (Å²) in [6.45, 7) is 0.259. The summed E-state index contributed by atoms with van der Waals surface area (Å²) in [5.41, 5.74) is 6.68. The van der Waals surface area contributed by atoms with Gasteiger partial charge in [-0.2, -0.15) is 4.98 Å². The van der Waals surface area contributed by atoms with Crippen LogP contribution in [0.4, 0.5) is 11.6 Å². The second-order valence-electron chi connectivity index (χ2n) is 6.86. The molecule has 0 fully saturated rings. The van der Waals surface area contributed by atoms with E-state index in [9.17, 15) is 24.3 Å². The largest absolute Gasteiger partial charge is 0.291 e. The van der Waals surface area contributed by atoms with Crippen molar-refractivity contribution in [3.8, 4) is 0 Å². The van der Waals surface area contributed by atoms with E-state index in [1.54, 1.807) is 24.3 Å². The number of carbonyl (C=O) groups is 3. The number of anilines is 2. The first-order valence-electron chi connectivity index (χ1n) is 9.46. The van der Waals surface area contributed by atoms with E-state index in [4.69, 9.17) is 5.73 Å². The number of hydrogen-bond acceptors (Lipinski definition) is 9. The topological polar surface area (TPSA) is 193 Å². The van der Waals surface area contributed by atoms with Gasteiger partial charge in [0.1, 0.15) is 0 Å². The number of H-pyrrole nitrogens is 1. The number of aromatic nitrogens is 4. The maximum Gasteiger partial charge on any atom is 0.280 e. The van der Waals surface area contributed by atoms with Crippen LogP contribution in [0.25, 0.3) is 11.2 Å². The van der Waals surface area contributed by atoms with Crippen molar-refractivity contribution >= 4 is 35.5 Å². The molecule has 12 nitrogen and oxygen atoms in total. The third-order valence-corrected chi connectivity index (χ3v) is 5.88. The molecule has 13 heteroatoms. The van der Waals surface area contributed by atoms with E-state index in [0.717, 1.165) is 0 Å². The molecule has 0 aliphatic heterocycles. The van der Waals surface area contributed by atoms with Gasteiger partial charge in [0.05, 0.1) is 11.9 Å². The molecule has 0 unspecified atom stereocenters. The van der Waals surface area contributed by atoms with Gasteiger partial charge in [0.15, 0.2) is 11.2 Å². The number of carbonyl (C=O) groups excluding carboxylic acids is 2. The van der Waals surface area contributed by atoms with E-state index in [2.05, 4.69) is 30.6 Å². The Bertz CT molecular complexity index is 1230. The zero-order chi connectivity index (χ0) is 23.3. The van der Waals surface area contributed by atoms with Gasteiger partial charge in [-0.15, -0.1) is 0 Å². The Morgan fingerprint density at radius 1 is 1.19 bits per heavy atom. The molecule has 0 saturated carbocycles. The Hall–Kier alpha value is -2.88. The van der Waals surface area contributed by atoms with Crippen molar-refractivity contribution in [3.05, 3.63) is 52.1 Å². The van der Waals surface area contributed by atoms with Gasteiger partial charge in [0, 0.05) is 0 Å². The molecule has 1 aromatic carbocycles. The van der Waals surface area contributed by atoms with E-state index >= 15 is 0 Å². The monoisotopic (exact) mass is 650 g/mol. The summed E-state index contributed by atoms with van der Waals surface area (Å²) in [6.07, 6.45) is 1.70. The number of carboxylic acid groups (broad SMARTS) is 1. The second kappa shape index (κ2) is 10.6. The quantitative estimate of drug-likeness (QED) is 0.210. The van der Waals surface area contributed by atoms with Gasteiger partial charge in [0.25, 0.3) is 5.56 Å². The van der Waals surface area contributed by atoms with Gasteiger partial charge in [-0.1, -0.05) is 0 Å². The second-order valence-corrected chi connectivity index (χ2v) is 10.1. The summed E-state index contributed by atoms with van der Waals surface area (Å²) in [4.78, 5) is 61.3. The number of carboxylic acids is 1. The minimum atomic E-state index is -1.18. The van der Waals surface area contributed by atoms with Gasteiger partial charge >= 0.3 is 147 Å². The number of rotatable bonds is 9. The third kappa shape index (κ3) is 6.32. The maximum absolute atomic E-state index is 12.3. The fourth-order valence-corrected chi connectivity index (χ4v) is 3.63. The summed E-state index contributed by atoms with van der Waals surface area (Å²) in [7, 11) is 0. The predicted molar refractivity (Wildman–Crippen MR) is 109 cm³/mol. The van der Waals surface area contributed by atoms with E-state index in [1.165, 1.54) is 6.20 Å². The molecule has 32 heavy (non-hydrogen) atoms. The first-order chi connectivity index (χ1) is 15.2. The van der Waals surface area contributed by atoms with Gasteiger partial charge in [-0.05, 0) is 0 Å². The smallest absolute Gasteiger partial charge is 0.280 e. The van der Waals surface area contributed by atoms with Crippen molar-refractivity contribution in [2.75, 3.05) is 11.1 Å². The Kier molecular flexibility index (Phi) is 7.89. The summed E-state index contributed by atoms with van der Waals surface area (Å²) >= 11 is -0.171. The number of nitrogens with two attached hydrogens (primary N) is 1. The van der Waals surface area contributed by atoms with E-state index in [1.807, 2.05) is 0 Å². The average molecular weight is 650 g/mol. The van der Waals surface area contributed by atoms with E-state index in [-0.39, 0.29) is 85.7 Å². The first kappa shape index (κ1) is 23.8. The van der Waals surface area contributed by atoms with Gasteiger partial charge in [0.2, 0.25) is 5.95 Å². The van der Waals surface area contributed by atoms with Crippen LogP contribution in [-0.2, 0) is 16.1 Å². The van der Waals surface area contributed by atoms with Crippen LogP contribution in [0, 0.1) is 42.8 Å². The average Bonchev–Trinajstić information content (AvgIpc) is 2.75. The summed E-state index contributed by atoms with van der Waals surface area (Å²) in [6, 6.07) is 5.27. The molecule has 6 N–H and O–H groups in total. The number of fused-ring (bicyclic) bond motifs is 1. The zero-order valence-electron chi connectivity index (χ0n) is 16.8. The third-order valence-electron chi connectivity index (χ3n) is 4.42. The molecule has 1 amide bonds. The molecule has 3 rings (SSSR count). The number of nitrogen functional groups attached to an aromatic ring is 1. The predicted octanol–water partition coefficient (Wildman–Crippen LogP) is -0.0535. The Morgan fingerprint density at radius 2 is 1.91 bits per heavy atom. The molecule has 161 valence electrons. The Balaban J connectivity index is 1.62. The molecule has 0 aliphatic carbocycles. The number of nitrogens with zero attached hydrogens (tertiary/aromatic N) is 3. The number of benzene rings is 1. The van der Waals surface area contributed by atoms with Crippen LogP contribution in [0.5, 0.6) is 0 Å². The minimum absolute atomic E-state index is 0.0390. The molecule has 2 heterocycles. The molecular formula is C19H18N7O5Ra. The molecule has 0 spiro atoms. The number of hydrogen-bond donors (Lipinski definition) is 5. The van der Waals surface area contributed by atoms with Gasteiger partial charge in [-0.25, -0.2) is 9.97 Å². The van der Waals surface area contributed by atoms with Crippen LogP contribution in [-0.4, -0.2) is 43.8 Å². The van der Waals surface area contributed by atoms with Crippen molar-refractivity contribution < 1.29 is 62.3 Å². The molecule has 2 aromatic heterocycles. The molecule has 1 radical (unpaired) electrons. The van der Waals surface area contributed by atoms with Crippen molar-refractivity contribution in [1.29, 1.82) is 0 Å². The van der Waals surface area contributed by atoms with Crippen LogP contribution < -0.4 is 21.9 Å². The van der Waals surface area contributed by atoms with E-state index < -0.39 is 23.5 Å². The number of nitrogens with one attached hydrogen (secondary N) is 3. The molecule has 1 atom stereocenters. The maximum atomic E-state index is 12.3. The fraction of sp³-hybridized carbons (Fsp3) is 0.211. The van der Waals surface area contributed by atoms with Crippen molar-refractivity contribution in [3.63, 3.8) is 0 Å². The summed E-state index contributed by atoms with van der Waals surface area (Å²) in [5, 5.41) is 14.8. The minimum Gasteiger partial charge on any atom is -0.291 e. The van der Waals surface area contributed by atoms with Crippen molar-refractivity contribution in [2.24, 2.45) is 0 Å². The summed E-state index contributed by atoms with van der Waals surface area (Å²) in [5.74, 6) is -1.76. The van der Waals surface area contributed by atoms with E-state index in [0.29, 0.717) is 11.4 Å². The fourth-order valence-electron chi connectivity index (χ4n) is 2.79. The number of aliphatic carboxylic acids is 1. The summed E-state index contributed by atoms with van der Waals surface area (Å²) < 4.78 is 0.0583. The first-order valence-corrected chi connectivity index (χ1v) is 12.4. The van der Waals surface area contributed by atoms with Crippen LogP contribution in [0.2, 0.25) is 0 Å². The van der Waals surface area contributed by atoms with Crippen LogP contribution in [0.3, 0.4) is 0 Å². The van der Waals surface area contributed by atoms with Gasteiger partial charge in [-0.3, -0.25) is 9.78 Å².